The number of hydrogen-bond acceptors (Lipinski definition) is 3. The van der Waals surface area contributed by atoms with Gasteiger partial charge in [-0.15, -0.1) is 0 Å². The number of nitrogens with zero attached hydrogens (tertiary/aromatic N) is 1. The summed E-state index contributed by atoms with van der Waals surface area (Å²) in [6, 6.07) is 2.61. The fourth-order valence-corrected chi connectivity index (χ4v) is 1.81. The molecule has 1 N–H and O–H groups in total. The van der Waals surface area contributed by atoms with E-state index in [9.17, 15) is 8.78 Å². The molecule has 0 saturated carbocycles. The Kier molecular flexibility index (Phi) is 7.45. The molecule has 0 saturated heterocycles. The number of likely N-dealkylation sites (N-methyl/N-ethyl adjacent to an activating group) is 1. The van der Waals surface area contributed by atoms with Crippen LogP contribution in [0.2, 0.25) is 0 Å². The summed E-state index contributed by atoms with van der Waals surface area (Å²) in [5.74, 6) is -1.09. The van der Waals surface area contributed by atoms with Gasteiger partial charge in [-0.25, -0.2) is 8.78 Å². The summed E-state index contributed by atoms with van der Waals surface area (Å²) in [4.78, 5) is 2.03. The van der Waals surface area contributed by atoms with E-state index in [0.29, 0.717) is 19.8 Å². The van der Waals surface area contributed by atoms with Crippen molar-refractivity contribution in [3.63, 3.8) is 0 Å². The first-order valence-electron chi connectivity index (χ1n) is 6.08. The summed E-state index contributed by atoms with van der Waals surface area (Å²) < 4.78 is 32.7. The summed E-state index contributed by atoms with van der Waals surface area (Å²) in [5.41, 5.74) is 0.0441. The van der Waals surface area contributed by atoms with E-state index in [1.165, 1.54) is 12.1 Å². The number of hydrogen-bond donors (Lipinski definition) is 1. The van der Waals surface area contributed by atoms with Crippen molar-refractivity contribution < 1.29 is 13.5 Å². The molecule has 3 nitrogen and oxygen atoms in total. The lowest BCUT2D eigenvalue weighted by atomic mass is 10.2. The van der Waals surface area contributed by atoms with Crippen LogP contribution in [0.25, 0.3) is 0 Å². The average Bonchev–Trinajstić information content (AvgIpc) is 2.36. The third-order valence-electron chi connectivity index (χ3n) is 2.55. The van der Waals surface area contributed by atoms with E-state index in [-0.39, 0.29) is 16.6 Å². The normalized spacial score (nSPS) is 11.3. The van der Waals surface area contributed by atoms with E-state index < -0.39 is 11.6 Å². The smallest absolute Gasteiger partial charge is 0.144 e. The van der Waals surface area contributed by atoms with Gasteiger partial charge >= 0.3 is 0 Å². The highest BCUT2D eigenvalue weighted by molar-refractivity contribution is 9.10. The van der Waals surface area contributed by atoms with Crippen LogP contribution < -0.4 is 5.32 Å². The van der Waals surface area contributed by atoms with E-state index in [0.717, 1.165) is 6.54 Å². The molecule has 0 atom stereocenters. The van der Waals surface area contributed by atoms with E-state index in [4.69, 9.17) is 4.74 Å². The topological polar surface area (TPSA) is 24.5 Å². The van der Waals surface area contributed by atoms with Crippen molar-refractivity contribution in [2.24, 2.45) is 0 Å². The van der Waals surface area contributed by atoms with Gasteiger partial charge < -0.3 is 15.0 Å². The Hall–Kier alpha value is -0.560. The Morgan fingerprint density at radius 1 is 1.26 bits per heavy atom. The number of nitrogens with one attached hydrogen (secondary N) is 1. The van der Waals surface area contributed by atoms with Gasteiger partial charge in [0.2, 0.25) is 0 Å². The molecule has 0 aliphatic rings. The Balaban J connectivity index is 2.25. The molecule has 0 radical (unpaired) electrons. The van der Waals surface area contributed by atoms with Crippen LogP contribution >= 0.6 is 15.9 Å². The van der Waals surface area contributed by atoms with Crippen molar-refractivity contribution in [3.05, 3.63) is 33.8 Å². The minimum Gasteiger partial charge on any atom is -0.379 e. The van der Waals surface area contributed by atoms with Gasteiger partial charge in [0.1, 0.15) is 11.6 Å². The van der Waals surface area contributed by atoms with Crippen molar-refractivity contribution >= 4 is 15.9 Å². The highest BCUT2D eigenvalue weighted by Crippen LogP contribution is 2.21. The van der Waals surface area contributed by atoms with Crippen LogP contribution in [-0.4, -0.2) is 45.3 Å². The fourth-order valence-electron chi connectivity index (χ4n) is 1.44. The third kappa shape index (κ3) is 5.95. The predicted molar refractivity (Wildman–Crippen MR) is 75.1 cm³/mol. The second-order valence-corrected chi connectivity index (χ2v) is 5.27. The lowest BCUT2D eigenvalue weighted by Gasteiger charge is -2.11. The van der Waals surface area contributed by atoms with Gasteiger partial charge in [0.05, 0.1) is 17.7 Å². The zero-order valence-corrected chi connectivity index (χ0v) is 12.8. The number of halogens is 3. The summed E-state index contributed by atoms with van der Waals surface area (Å²) in [7, 11) is 3.95. The molecule has 0 unspecified atom stereocenters. The Bertz CT molecular complexity index is 402. The lowest BCUT2D eigenvalue weighted by molar-refractivity contribution is 0.119. The van der Waals surface area contributed by atoms with Crippen LogP contribution in [0.15, 0.2) is 16.6 Å². The van der Waals surface area contributed by atoms with Gasteiger partial charge in [-0.05, 0) is 42.2 Å². The van der Waals surface area contributed by atoms with Crippen molar-refractivity contribution in [3.8, 4) is 0 Å². The van der Waals surface area contributed by atoms with Gasteiger partial charge in [0.15, 0.2) is 0 Å². The van der Waals surface area contributed by atoms with E-state index in [1.54, 1.807) is 0 Å². The largest absolute Gasteiger partial charge is 0.379 e. The molecular weight excluding hydrogens is 318 g/mol. The van der Waals surface area contributed by atoms with Crippen molar-refractivity contribution in [2.45, 2.75) is 6.54 Å². The number of rotatable bonds is 8. The predicted octanol–water partition coefficient (Wildman–Crippen LogP) is 2.40. The zero-order chi connectivity index (χ0) is 14.3. The molecule has 1 rings (SSSR count). The molecule has 0 aliphatic heterocycles. The summed E-state index contributed by atoms with van der Waals surface area (Å²) >= 11 is 3.04. The summed E-state index contributed by atoms with van der Waals surface area (Å²) in [6.45, 7) is 2.72. The average molecular weight is 337 g/mol. The Morgan fingerprint density at radius 3 is 2.68 bits per heavy atom. The zero-order valence-electron chi connectivity index (χ0n) is 11.2. The van der Waals surface area contributed by atoms with Gasteiger partial charge in [0, 0.05) is 25.2 Å². The van der Waals surface area contributed by atoms with Crippen LogP contribution in [-0.2, 0) is 11.3 Å². The first-order chi connectivity index (χ1) is 9.02. The summed E-state index contributed by atoms with van der Waals surface area (Å²) in [5, 5.41) is 2.96. The SMILES string of the molecule is CN(C)CCOCCNCc1c(F)ccc(Br)c1F. The minimum atomic E-state index is -0.555. The van der Waals surface area contributed by atoms with Crippen LogP contribution in [0, 0.1) is 11.6 Å². The van der Waals surface area contributed by atoms with Crippen LogP contribution in [0.1, 0.15) is 5.56 Å². The maximum atomic E-state index is 13.6. The van der Waals surface area contributed by atoms with E-state index in [2.05, 4.69) is 21.2 Å². The fraction of sp³-hybridized carbons (Fsp3) is 0.538. The highest BCUT2D eigenvalue weighted by Gasteiger charge is 2.11. The van der Waals surface area contributed by atoms with Crippen molar-refractivity contribution in [1.29, 1.82) is 0 Å². The molecule has 0 heterocycles. The second kappa shape index (κ2) is 8.58. The highest BCUT2D eigenvalue weighted by atomic mass is 79.9. The molecule has 0 fully saturated rings. The van der Waals surface area contributed by atoms with Crippen LogP contribution in [0.5, 0.6) is 0 Å². The van der Waals surface area contributed by atoms with Gasteiger partial charge in [0.25, 0.3) is 0 Å². The first-order valence-corrected chi connectivity index (χ1v) is 6.87. The maximum Gasteiger partial charge on any atom is 0.144 e. The third-order valence-corrected chi connectivity index (χ3v) is 3.16. The van der Waals surface area contributed by atoms with E-state index >= 15 is 0 Å². The molecule has 19 heavy (non-hydrogen) atoms. The molecule has 1 aromatic rings. The minimum absolute atomic E-state index is 0.0441. The molecule has 0 spiro atoms. The molecular formula is C13H19BrF2N2O. The monoisotopic (exact) mass is 336 g/mol. The first kappa shape index (κ1) is 16.5. The van der Waals surface area contributed by atoms with Gasteiger partial charge in [-0.3, -0.25) is 0 Å². The van der Waals surface area contributed by atoms with E-state index in [1.807, 2.05) is 19.0 Å². The molecule has 0 aliphatic carbocycles. The molecule has 108 valence electrons. The van der Waals surface area contributed by atoms with Gasteiger partial charge in [-0.1, -0.05) is 0 Å². The van der Waals surface area contributed by atoms with Gasteiger partial charge in [-0.2, -0.15) is 0 Å². The lowest BCUT2D eigenvalue weighted by Crippen LogP contribution is -2.23. The molecule has 0 bridgehead atoms. The molecule has 1 aromatic carbocycles. The Morgan fingerprint density at radius 2 is 2.00 bits per heavy atom. The quantitative estimate of drug-likeness (QED) is 0.582. The second-order valence-electron chi connectivity index (χ2n) is 4.41. The number of ether oxygens (including phenoxy) is 1. The molecule has 6 heteroatoms. The van der Waals surface area contributed by atoms with Crippen molar-refractivity contribution in [1.82, 2.24) is 10.2 Å². The Labute approximate surface area is 121 Å². The van der Waals surface area contributed by atoms with Crippen LogP contribution in [0.4, 0.5) is 8.78 Å². The van der Waals surface area contributed by atoms with Crippen molar-refractivity contribution in [2.75, 3.05) is 40.4 Å². The van der Waals surface area contributed by atoms with Crippen LogP contribution in [0.3, 0.4) is 0 Å². The molecule has 0 aromatic heterocycles. The maximum absolute atomic E-state index is 13.6. The number of benzene rings is 1. The summed E-state index contributed by atoms with van der Waals surface area (Å²) in [6.07, 6.45) is 0. The molecule has 0 amide bonds. The standard InChI is InChI=1S/C13H19BrF2N2O/c1-18(2)6-8-19-7-5-17-9-10-12(15)4-3-11(14)13(10)16/h3-4,17H,5-9H2,1-2H3.